The molecule has 0 bridgehead atoms. The van der Waals surface area contributed by atoms with Crippen LogP contribution in [0.5, 0.6) is 0 Å². The first-order chi connectivity index (χ1) is 7.78. The predicted octanol–water partition coefficient (Wildman–Crippen LogP) is 1.55. The van der Waals surface area contributed by atoms with E-state index in [0.29, 0.717) is 0 Å². The minimum Gasteiger partial charge on any atom is -0.311 e. The molecular formula is C13H26N4. The molecule has 98 valence electrons. The van der Waals surface area contributed by atoms with E-state index in [9.17, 15) is 0 Å². The van der Waals surface area contributed by atoms with Crippen molar-refractivity contribution in [3.05, 3.63) is 17.5 Å². The third kappa shape index (κ3) is 5.33. The molecule has 0 saturated heterocycles. The van der Waals surface area contributed by atoms with Crippen molar-refractivity contribution in [1.29, 1.82) is 0 Å². The number of hydrogen-bond acceptors (Lipinski definition) is 3. The first kappa shape index (κ1) is 14.2. The summed E-state index contributed by atoms with van der Waals surface area (Å²) in [5.41, 5.74) is 2.64. The van der Waals surface area contributed by atoms with Gasteiger partial charge >= 0.3 is 0 Å². The smallest absolute Gasteiger partial charge is 0.0638 e. The van der Waals surface area contributed by atoms with Crippen LogP contribution in [0.1, 0.15) is 32.0 Å². The third-order valence-electron chi connectivity index (χ3n) is 2.70. The van der Waals surface area contributed by atoms with E-state index in [1.165, 1.54) is 5.56 Å². The van der Waals surface area contributed by atoms with Crippen molar-refractivity contribution < 1.29 is 0 Å². The number of nitrogens with one attached hydrogen (secondary N) is 1. The third-order valence-corrected chi connectivity index (χ3v) is 2.70. The van der Waals surface area contributed by atoms with Gasteiger partial charge in [-0.15, -0.1) is 0 Å². The van der Waals surface area contributed by atoms with E-state index in [0.717, 1.165) is 25.3 Å². The Kier molecular flexibility index (Phi) is 4.71. The van der Waals surface area contributed by atoms with Crippen LogP contribution in [-0.2, 0) is 13.6 Å². The minimum absolute atomic E-state index is 0.199. The SMILES string of the molecule is Cc1nn(C)cc1CN(C)CCNC(C)(C)C. The zero-order valence-electron chi connectivity index (χ0n) is 12.0. The van der Waals surface area contributed by atoms with Crippen molar-refractivity contribution in [2.24, 2.45) is 7.05 Å². The average molecular weight is 238 g/mol. The van der Waals surface area contributed by atoms with Crippen LogP contribution in [0.4, 0.5) is 0 Å². The molecule has 0 unspecified atom stereocenters. The molecule has 0 saturated carbocycles. The second-order valence-electron chi connectivity index (χ2n) is 5.83. The Morgan fingerprint density at radius 2 is 2.06 bits per heavy atom. The van der Waals surface area contributed by atoms with Gasteiger partial charge in [0.05, 0.1) is 5.69 Å². The van der Waals surface area contributed by atoms with Gasteiger partial charge in [-0.2, -0.15) is 5.10 Å². The van der Waals surface area contributed by atoms with E-state index in [1.54, 1.807) is 0 Å². The first-order valence-electron chi connectivity index (χ1n) is 6.20. The summed E-state index contributed by atoms with van der Waals surface area (Å²) in [6, 6.07) is 0. The highest BCUT2D eigenvalue weighted by Gasteiger charge is 2.10. The minimum atomic E-state index is 0.199. The zero-order valence-corrected chi connectivity index (χ0v) is 12.0. The molecule has 17 heavy (non-hydrogen) atoms. The molecule has 1 rings (SSSR count). The van der Waals surface area contributed by atoms with Crippen molar-refractivity contribution in [2.75, 3.05) is 20.1 Å². The number of aryl methyl sites for hydroxylation is 2. The molecular weight excluding hydrogens is 212 g/mol. The van der Waals surface area contributed by atoms with Crippen molar-refractivity contribution in [3.63, 3.8) is 0 Å². The number of likely N-dealkylation sites (N-methyl/N-ethyl adjacent to an activating group) is 1. The number of hydrogen-bond donors (Lipinski definition) is 1. The fourth-order valence-electron chi connectivity index (χ4n) is 1.80. The molecule has 0 spiro atoms. The van der Waals surface area contributed by atoms with Gasteiger partial charge < -0.3 is 10.2 Å². The molecule has 1 N–H and O–H groups in total. The average Bonchev–Trinajstić information content (AvgIpc) is 2.42. The molecule has 0 aliphatic heterocycles. The molecule has 0 aliphatic rings. The molecule has 1 aromatic rings. The van der Waals surface area contributed by atoms with Gasteiger partial charge in [-0.25, -0.2) is 0 Å². The van der Waals surface area contributed by atoms with Crippen molar-refractivity contribution in [2.45, 2.75) is 39.8 Å². The fourth-order valence-corrected chi connectivity index (χ4v) is 1.80. The maximum absolute atomic E-state index is 4.36. The van der Waals surface area contributed by atoms with E-state index in [4.69, 9.17) is 0 Å². The summed E-state index contributed by atoms with van der Waals surface area (Å²) < 4.78 is 1.88. The summed E-state index contributed by atoms with van der Waals surface area (Å²) in [5, 5.41) is 7.85. The van der Waals surface area contributed by atoms with Crippen LogP contribution in [0, 0.1) is 6.92 Å². The molecule has 4 heteroatoms. The number of rotatable bonds is 5. The summed E-state index contributed by atoms with van der Waals surface area (Å²) in [6.07, 6.45) is 2.10. The standard InChI is InChI=1S/C13H26N4/c1-11-12(10-17(6)15-11)9-16(5)8-7-14-13(2,3)4/h10,14H,7-9H2,1-6H3. The van der Waals surface area contributed by atoms with Crippen LogP contribution in [0.2, 0.25) is 0 Å². The largest absolute Gasteiger partial charge is 0.311 e. The molecule has 4 nitrogen and oxygen atoms in total. The van der Waals surface area contributed by atoms with E-state index < -0.39 is 0 Å². The molecule has 0 aliphatic carbocycles. The summed E-state index contributed by atoms with van der Waals surface area (Å²) in [6.45, 7) is 11.7. The number of nitrogens with zero attached hydrogens (tertiary/aromatic N) is 3. The summed E-state index contributed by atoms with van der Waals surface area (Å²) in [7, 11) is 4.12. The van der Waals surface area contributed by atoms with Gasteiger partial charge in [0.15, 0.2) is 0 Å². The van der Waals surface area contributed by atoms with Crippen molar-refractivity contribution in [1.82, 2.24) is 20.0 Å². The van der Waals surface area contributed by atoms with Crippen molar-refractivity contribution >= 4 is 0 Å². The highest BCUT2D eigenvalue weighted by atomic mass is 15.3. The van der Waals surface area contributed by atoms with Crippen LogP contribution < -0.4 is 5.32 Å². The molecule has 1 aromatic heterocycles. The highest BCUT2D eigenvalue weighted by Crippen LogP contribution is 2.07. The van der Waals surface area contributed by atoms with Gasteiger partial charge in [0.2, 0.25) is 0 Å². The Balaban J connectivity index is 2.35. The van der Waals surface area contributed by atoms with Gasteiger partial charge in [0, 0.05) is 44.0 Å². The topological polar surface area (TPSA) is 33.1 Å². The Labute approximate surface area is 105 Å². The lowest BCUT2D eigenvalue weighted by Crippen LogP contribution is -2.40. The van der Waals surface area contributed by atoms with E-state index in [1.807, 2.05) is 11.7 Å². The quantitative estimate of drug-likeness (QED) is 0.845. The van der Waals surface area contributed by atoms with Crippen LogP contribution in [0.15, 0.2) is 6.20 Å². The van der Waals surface area contributed by atoms with Crippen LogP contribution in [-0.4, -0.2) is 40.4 Å². The Bertz CT molecular complexity index is 349. The number of aromatic nitrogens is 2. The van der Waals surface area contributed by atoms with Gasteiger partial charge in [-0.1, -0.05) is 0 Å². The molecule has 1 heterocycles. The molecule has 0 aromatic carbocycles. The summed E-state index contributed by atoms with van der Waals surface area (Å²) in [5.74, 6) is 0. The van der Waals surface area contributed by atoms with Gasteiger partial charge in [0.1, 0.15) is 0 Å². The second-order valence-corrected chi connectivity index (χ2v) is 5.83. The molecule has 0 radical (unpaired) electrons. The van der Waals surface area contributed by atoms with Crippen molar-refractivity contribution in [3.8, 4) is 0 Å². The normalized spacial score (nSPS) is 12.4. The summed E-state index contributed by atoms with van der Waals surface area (Å²) >= 11 is 0. The predicted molar refractivity (Wildman–Crippen MR) is 72.0 cm³/mol. The molecule has 0 amide bonds. The lowest BCUT2D eigenvalue weighted by atomic mass is 10.1. The Hall–Kier alpha value is -0.870. The van der Waals surface area contributed by atoms with Gasteiger partial charge in [0.25, 0.3) is 0 Å². The van der Waals surface area contributed by atoms with Crippen LogP contribution >= 0.6 is 0 Å². The van der Waals surface area contributed by atoms with E-state index >= 15 is 0 Å². The van der Waals surface area contributed by atoms with Crippen LogP contribution in [0.3, 0.4) is 0 Å². The Morgan fingerprint density at radius 3 is 2.53 bits per heavy atom. The summed E-state index contributed by atoms with van der Waals surface area (Å²) in [4.78, 5) is 2.32. The maximum atomic E-state index is 4.36. The monoisotopic (exact) mass is 238 g/mol. The van der Waals surface area contributed by atoms with E-state index in [2.05, 4.69) is 56.3 Å². The molecule has 0 fully saturated rings. The van der Waals surface area contributed by atoms with E-state index in [-0.39, 0.29) is 5.54 Å². The highest BCUT2D eigenvalue weighted by molar-refractivity contribution is 5.14. The zero-order chi connectivity index (χ0) is 13.1. The van der Waals surface area contributed by atoms with Gasteiger partial charge in [-0.05, 0) is 34.7 Å². The molecule has 0 atom stereocenters. The lowest BCUT2D eigenvalue weighted by Gasteiger charge is -2.23. The maximum Gasteiger partial charge on any atom is 0.0638 e. The second kappa shape index (κ2) is 5.65. The Morgan fingerprint density at radius 1 is 1.41 bits per heavy atom. The van der Waals surface area contributed by atoms with Gasteiger partial charge in [-0.3, -0.25) is 4.68 Å². The fraction of sp³-hybridized carbons (Fsp3) is 0.769. The van der Waals surface area contributed by atoms with Crippen LogP contribution in [0.25, 0.3) is 0 Å². The first-order valence-corrected chi connectivity index (χ1v) is 6.20. The lowest BCUT2D eigenvalue weighted by molar-refractivity contribution is 0.303.